The van der Waals surface area contributed by atoms with Gasteiger partial charge in [0.05, 0.1) is 6.54 Å². The molecule has 4 heterocycles. The van der Waals surface area contributed by atoms with E-state index >= 15 is 0 Å². The van der Waals surface area contributed by atoms with Gasteiger partial charge in [-0.3, -0.25) is 4.79 Å². The van der Waals surface area contributed by atoms with E-state index in [2.05, 4.69) is 25.1 Å². The van der Waals surface area contributed by atoms with Crippen LogP contribution in [-0.4, -0.2) is 49.6 Å². The van der Waals surface area contributed by atoms with Crippen LogP contribution in [0.3, 0.4) is 0 Å². The van der Waals surface area contributed by atoms with Gasteiger partial charge in [0.1, 0.15) is 0 Å². The van der Waals surface area contributed by atoms with Gasteiger partial charge in [-0.2, -0.15) is 0 Å². The van der Waals surface area contributed by atoms with Gasteiger partial charge in [0, 0.05) is 42.5 Å². The molecule has 2 saturated heterocycles. The lowest BCUT2D eigenvalue weighted by molar-refractivity contribution is -0.145. The first kappa shape index (κ1) is 19.7. The highest BCUT2D eigenvalue weighted by molar-refractivity contribution is 5.78. The molecule has 2 aliphatic heterocycles. The molecule has 0 bridgehead atoms. The fourth-order valence-corrected chi connectivity index (χ4v) is 4.74. The standard InChI is InChI=1S/C23H26N6O2/c1-17-9-13-24-22(25-17)28-14-11-23(12-15-28)10-5-8-20(30)29(23)16-19-26-27-21(31-19)18-6-3-2-4-7-18/h2-4,6-7,9,13H,5,8,10-12,14-16H2,1H3. The molecule has 1 aromatic carbocycles. The van der Waals surface area contributed by atoms with Crippen molar-refractivity contribution >= 4 is 11.9 Å². The number of carbonyl (C=O) groups excluding carboxylic acids is 1. The van der Waals surface area contributed by atoms with Crippen LogP contribution in [0.2, 0.25) is 0 Å². The van der Waals surface area contributed by atoms with Gasteiger partial charge >= 0.3 is 0 Å². The molecule has 0 unspecified atom stereocenters. The van der Waals surface area contributed by atoms with E-state index in [4.69, 9.17) is 4.42 Å². The summed E-state index contributed by atoms with van der Waals surface area (Å²) >= 11 is 0. The summed E-state index contributed by atoms with van der Waals surface area (Å²) in [5.41, 5.74) is 1.68. The second-order valence-electron chi connectivity index (χ2n) is 8.41. The van der Waals surface area contributed by atoms with Crippen LogP contribution in [0.4, 0.5) is 5.95 Å². The van der Waals surface area contributed by atoms with E-state index in [0.29, 0.717) is 24.7 Å². The SMILES string of the molecule is Cc1ccnc(N2CCC3(CCCC(=O)N3Cc3nnc(-c4ccccc4)o3)CC2)n1. The number of aromatic nitrogens is 4. The van der Waals surface area contributed by atoms with Crippen LogP contribution in [0.1, 0.15) is 43.7 Å². The second kappa shape index (κ2) is 8.09. The first-order valence-corrected chi connectivity index (χ1v) is 10.9. The molecule has 2 fully saturated rings. The Morgan fingerprint density at radius 1 is 1.06 bits per heavy atom. The Kier molecular flexibility index (Phi) is 5.13. The van der Waals surface area contributed by atoms with Crippen molar-refractivity contribution in [3.05, 3.63) is 54.2 Å². The van der Waals surface area contributed by atoms with Gasteiger partial charge in [0.25, 0.3) is 0 Å². The van der Waals surface area contributed by atoms with Crippen LogP contribution in [0.5, 0.6) is 0 Å². The molecule has 1 spiro atoms. The van der Waals surface area contributed by atoms with Gasteiger partial charge in [0.15, 0.2) is 0 Å². The lowest BCUT2D eigenvalue weighted by atomic mass is 9.78. The minimum Gasteiger partial charge on any atom is -0.419 e. The lowest BCUT2D eigenvalue weighted by Gasteiger charge is -2.51. The van der Waals surface area contributed by atoms with Gasteiger partial charge in [-0.1, -0.05) is 18.2 Å². The molecule has 0 N–H and O–H groups in total. The molecule has 8 nitrogen and oxygen atoms in total. The molecule has 0 saturated carbocycles. The number of rotatable bonds is 4. The zero-order chi connectivity index (χ0) is 21.3. The summed E-state index contributed by atoms with van der Waals surface area (Å²) in [6.07, 6.45) is 6.08. The van der Waals surface area contributed by atoms with Crippen molar-refractivity contribution in [3.63, 3.8) is 0 Å². The number of likely N-dealkylation sites (tertiary alicyclic amines) is 1. The van der Waals surface area contributed by atoms with E-state index in [0.717, 1.165) is 56.0 Å². The summed E-state index contributed by atoms with van der Waals surface area (Å²) in [5, 5.41) is 8.42. The van der Waals surface area contributed by atoms with E-state index < -0.39 is 0 Å². The molecular formula is C23H26N6O2. The van der Waals surface area contributed by atoms with Crippen molar-refractivity contribution in [2.24, 2.45) is 0 Å². The number of benzene rings is 1. The largest absolute Gasteiger partial charge is 0.419 e. The first-order chi connectivity index (χ1) is 15.1. The highest BCUT2D eigenvalue weighted by Crippen LogP contribution is 2.39. The normalized spacial score (nSPS) is 18.5. The number of carbonyl (C=O) groups is 1. The van der Waals surface area contributed by atoms with Crippen molar-refractivity contribution in [2.75, 3.05) is 18.0 Å². The molecule has 5 rings (SSSR count). The van der Waals surface area contributed by atoms with E-state index in [-0.39, 0.29) is 11.4 Å². The number of aryl methyl sites for hydroxylation is 1. The van der Waals surface area contributed by atoms with Gasteiger partial charge in [-0.25, -0.2) is 9.97 Å². The Labute approximate surface area is 181 Å². The maximum atomic E-state index is 12.9. The number of hydrogen-bond donors (Lipinski definition) is 0. The zero-order valence-corrected chi connectivity index (χ0v) is 17.7. The second-order valence-corrected chi connectivity index (χ2v) is 8.41. The van der Waals surface area contributed by atoms with Gasteiger partial charge < -0.3 is 14.2 Å². The Bertz CT molecular complexity index is 1060. The Morgan fingerprint density at radius 3 is 2.65 bits per heavy atom. The summed E-state index contributed by atoms with van der Waals surface area (Å²) in [4.78, 5) is 26.1. The lowest BCUT2D eigenvalue weighted by Crippen LogP contribution is -2.59. The summed E-state index contributed by atoms with van der Waals surface area (Å²) < 4.78 is 5.91. The quantitative estimate of drug-likeness (QED) is 0.642. The molecular weight excluding hydrogens is 392 g/mol. The molecule has 0 atom stereocenters. The fourth-order valence-electron chi connectivity index (χ4n) is 4.74. The number of nitrogens with zero attached hydrogens (tertiary/aromatic N) is 6. The van der Waals surface area contributed by atoms with Gasteiger partial charge in [-0.05, 0) is 50.8 Å². The summed E-state index contributed by atoms with van der Waals surface area (Å²) in [6.45, 7) is 3.99. The van der Waals surface area contributed by atoms with Gasteiger partial charge in [0.2, 0.25) is 23.6 Å². The van der Waals surface area contributed by atoms with Gasteiger partial charge in [-0.15, -0.1) is 10.2 Å². The Morgan fingerprint density at radius 2 is 1.87 bits per heavy atom. The molecule has 2 aromatic heterocycles. The van der Waals surface area contributed by atoms with Crippen molar-refractivity contribution in [1.29, 1.82) is 0 Å². The maximum Gasteiger partial charge on any atom is 0.247 e. The van der Waals surface area contributed by atoms with Crippen molar-refractivity contribution in [1.82, 2.24) is 25.1 Å². The topological polar surface area (TPSA) is 88.3 Å². The highest BCUT2D eigenvalue weighted by atomic mass is 16.4. The van der Waals surface area contributed by atoms with E-state index in [1.165, 1.54) is 0 Å². The van der Waals surface area contributed by atoms with E-state index in [1.54, 1.807) is 6.20 Å². The molecule has 31 heavy (non-hydrogen) atoms. The Balaban J connectivity index is 1.33. The fraction of sp³-hybridized carbons (Fsp3) is 0.435. The van der Waals surface area contributed by atoms with Crippen molar-refractivity contribution in [2.45, 2.75) is 51.1 Å². The van der Waals surface area contributed by atoms with Crippen molar-refractivity contribution < 1.29 is 9.21 Å². The molecule has 0 aliphatic carbocycles. The number of anilines is 1. The molecule has 2 aliphatic rings. The third kappa shape index (κ3) is 3.89. The first-order valence-electron chi connectivity index (χ1n) is 10.9. The van der Waals surface area contributed by atoms with E-state index in [9.17, 15) is 4.79 Å². The average molecular weight is 419 g/mol. The minimum absolute atomic E-state index is 0.170. The number of hydrogen-bond acceptors (Lipinski definition) is 7. The van der Waals surface area contributed by atoms with Crippen LogP contribution < -0.4 is 4.90 Å². The number of amides is 1. The van der Waals surface area contributed by atoms with E-state index in [1.807, 2.05) is 48.2 Å². The van der Waals surface area contributed by atoms with Crippen LogP contribution in [0.25, 0.3) is 11.5 Å². The molecule has 160 valence electrons. The monoisotopic (exact) mass is 418 g/mol. The Hall–Kier alpha value is -3.29. The highest BCUT2D eigenvalue weighted by Gasteiger charge is 2.45. The van der Waals surface area contributed by atoms with Crippen molar-refractivity contribution in [3.8, 4) is 11.5 Å². The minimum atomic E-state index is -0.170. The summed E-state index contributed by atoms with van der Waals surface area (Å²) in [5.74, 6) is 1.91. The third-order valence-electron chi connectivity index (χ3n) is 6.45. The third-order valence-corrected chi connectivity index (χ3v) is 6.45. The average Bonchev–Trinajstić information content (AvgIpc) is 3.27. The smallest absolute Gasteiger partial charge is 0.247 e. The molecule has 0 radical (unpaired) electrons. The molecule has 8 heteroatoms. The predicted molar refractivity (Wildman–Crippen MR) is 115 cm³/mol. The summed E-state index contributed by atoms with van der Waals surface area (Å²) in [7, 11) is 0. The number of piperidine rings is 2. The summed E-state index contributed by atoms with van der Waals surface area (Å²) in [6, 6.07) is 11.6. The van der Waals surface area contributed by atoms with Crippen LogP contribution in [0, 0.1) is 6.92 Å². The van der Waals surface area contributed by atoms with Crippen LogP contribution in [-0.2, 0) is 11.3 Å². The van der Waals surface area contributed by atoms with Crippen LogP contribution >= 0.6 is 0 Å². The zero-order valence-electron chi connectivity index (χ0n) is 17.7. The predicted octanol–water partition coefficient (Wildman–Crippen LogP) is 3.39. The maximum absolute atomic E-state index is 12.9. The van der Waals surface area contributed by atoms with Crippen LogP contribution in [0.15, 0.2) is 47.0 Å². The molecule has 3 aromatic rings. The molecule has 1 amide bonds.